The fourth-order valence-electron chi connectivity index (χ4n) is 7.71. The molecule has 0 saturated carbocycles. The molecule has 2 atom stereocenters. The average molecular weight is 577 g/mol. The number of hydrogen-bond donors (Lipinski definition) is 0. The van der Waals surface area contributed by atoms with E-state index in [2.05, 4.69) is 155 Å². The van der Waals surface area contributed by atoms with Crippen LogP contribution in [0.5, 0.6) is 0 Å². The molecule has 2 aromatic heterocycles. The minimum atomic E-state index is 0.187. The Kier molecular flexibility index (Phi) is 5.11. The lowest BCUT2D eigenvalue weighted by atomic mass is 9.86. The van der Waals surface area contributed by atoms with Crippen LogP contribution in [-0.2, 0) is 0 Å². The average Bonchev–Trinajstić information content (AvgIpc) is 3.75. The Balaban J connectivity index is 1.09. The fraction of sp³-hybridized carbons (Fsp3) is 0.0476. The Morgan fingerprint density at radius 2 is 1.27 bits per heavy atom. The number of furan rings is 1. The molecule has 1 aliphatic heterocycles. The predicted octanol–water partition coefficient (Wildman–Crippen LogP) is 10.9. The molecule has 0 spiro atoms. The van der Waals surface area contributed by atoms with Crippen molar-refractivity contribution in [3.8, 4) is 5.69 Å². The van der Waals surface area contributed by atoms with E-state index in [1.54, 1.807) is 0 Å². The quantitative estimate of drug-likeness (QED) is 0.209. The van der Waals surface area contributed by atoms with Gasteiger partial charge in [-0.05, 0) is 65.2 Å². The van der Waals surface area contributed by atoms with Gasteiger partial charge in [-0.1, -0.05) is 103 Å². The first kappa shape index (κ1) is 24.6. The zero-order chi connectivity index (χ0) is 29.5. The van der Waals surface area contributed by atoms with Crippen molar-refractivity contribution in [3.63, 3.8) is 0 Å². The van der Waals surface area contributed by atoms with E-state index in [9.17, 15) is 0 Å². The molecule has 0 fully saturated rings. The van der Waals surface area contributed by atoms with E-state index in [-0.39, 0.29) is 12.0 Å². The van der Waals surface area contributed by atoms with Crippen LogP contribution in [0.3, 0.4) is 0 Å². The largest absolute Gasteiger partial charge is 0.456 e. The lowest BCUT2D eigenvalue weighted by Gasteiger charge is -2.29. The molecule has 1 aliphatic carbocycles. The first-order valence-corrected chi connectivity index (χ1v) is 15.6. The topological polar surface area (TPSA) is 21.3 Å². The number of fused-ring (bicyclic) bond motifs is 9. The molecule has 8 aromatic rings. The lowest BCUT2D eigenvalue weighted by Crippen LogP contribution is -2.28. The monoisotopic (exact) mass is 576 g/mol. The lowest BCUT2D eigenvalue weighted by molar-refractivity contribution is 0.668. The van der Waals surface area contributed by atoms with Crippen LogP contribution < -0.4 is 4.90 Å². The summed E-state index contributed by atoms with van der Waals surface area (Å²) in [6.07, 6.45) is 7.18. The van der Waals surface area contributed by atoms with E-state index in [4.69, 9.17) is 4.42 Å². The molecule has 45 heavy (non-hydrogen) atoms. The van der Waals surface area contributed by atoms with Crippen LogP contribution in [0, 0.1) is 0 Å². The third-order valence-electron chi connectivity index (χ3n) is 9.72. The summed E-state index contributed by atoms with van der Waals surface area (Å²) in [5.41, 5.74) is 11.7. The summed E-state index contributed by atoms with van der Waals surface area (Å²) < 4.78 is 8.69. The minimum absolute atomic E-state index is 0.187. The van der Waals surface area contributed by atoms with Gasteiger partial charge in [0.2, 0.25) is 0 Å². The smallest absolute Gasteiger partial charge is 0.137 e. The molecular formula is C42H28N2O. The maximum atomic E-state index is 6.29. The second kappa shape index (κ2) is 9.35. The van der Waals surface area contributed by atoms with Gasteiger partial charge in [0.15, 0.2) is 0 Å². The molecule has 2 unspecified atom stereocenters. The highest BCUT2D eigenvalue weighted by atomic mass is 16.3. The van der Waals surface area contributed by atoms with Gasteiger partial charge in [-0.15, -0.1) is 0 Å². The Labute approximate surface area is 260 Å². The molecule has 0 N–H and O–H groups in total. The number of para-hydroxylation sites is 4. The SMILES string of the molecule is C1=CC2C(C=C1c1ccc3c4ccccc4n(-c4ccccc4)c3c1)c1ccccc1N2c1ccc2c(c1)oc1ccccc12. The fourth-order valence-corrected chi connectivity index (χ4v) is 7.71. The molecule has 0 amide bonds. The van der Waals surface area contributed by atoms with Gasteiger partial charge in [0.25, 0.3) is 0 Å². The van der Waals surface area contributed by atoms with E-state index in [1.807, 2.05) is 12.1 Å². The van der Waals surface area contributed by atoms with Gasteiger partial charge in [-0.2, -0.15) is 0 Å². The minimum Gasteiger partial charge on any atom is -0.456 e. The number of benzene rings is 6. The zero-order valence-corrected chi connectivity index (χ0v) is 24.5. The van der Waals surface area contributed by atoms with Crippen molar-refractivity contribution < 1.29 is 4.42 Å². The summed E-state index contributed by atoms with van der Waals surface area (Å²) in [6, 6.07) is 50.3. The van der Waals surface area contributed by atoms with Crippen molar-refractivity contribution >= 4 is 60.7 Å². The van der Waals surface area contributed by atoms with Gasteiger partial charge in [-0.3, -0.25) is 0 Å². The zero-order valence-electron chi connectivity index (χ0n) is 24.5. The van der Waals surface area contributed by atoms with Crippen LogP contribution in [-0.4, -0.2) is 10.6 Å². The van der Waals surface area contributed by atoms with Crippen molar-refractivity contribution in [1.29, 1.82) is 0 Å². The number of hydrogen-bond acceptors (Lipinski definition) is 2. The molecule has 2 aliphatic rings. The van der Waals surface area contributed by atoms with Crippen molar-refractivity contribution in [1.82, 2.24) is 4.57 Å². The summed E-state index contributed by atoms with van der Waals surface area (Å²) in [6.45, 7) is 0. The number of anilines is 2. The number of allylic oxidation sites excluding steroid dienone is 2. The molecule has 3 heterocycles. The highest BCUT2D eigenvalue weighted by Crippen LogP contribution is 2.50. The van der Waals surface area contributed by atoms with Gasteiger partial charge < -0.3 is 13.9 Å². The van der Waals surface area contributed by atoms with Crippen LogP contribution in [0.15, 0.2) is 162 Å². The summed E-state index contributed by atoms with van der Waals surface area (Å²) in [7, 11) is 0. The highest BCUT2D eigenvalue weighted by molar-refractivity contribution is 6.10. The van der Waals surface area contributed by atoms with Gasteiger partial charge in [-0.25, -0.2) is 0 Å². The molecule has 212 valence electrons. The van der Waals surface area contributed by atoms with Crippen LogP contribution in [0.1, 0.15) is 17.0 Å². The Morgan fingerprint density at radius 1 is 0.533 bits per heavy atom. The summed E-state index contributed by atoms with van der Waals surface area (Å²) in [5, 5.41) is 4.86. The molecular weight excluding hydrogens is 548 g/mol. The van der Waals surface area contributed by atoms with Gasteiger partial charge in [0, 0.05) is 50.6 Å². The van der Waals surface area contributed by atoms with Gasteiger partial charge in [0.1, 0.15) is 11.2 Å². The maximum Gasteiger partial charge on any atom is 0.137 e. The van der Waals surface area contributed by atoms with E-state index in [0.29, 0.717) is 0 Å². The third-order valence-corrected chi connectivity index (χ3v) is 9.72. The second-order valence-electron chi connectivity index (χ2n) is 12.1. The van der Waals surface area contributed by atoms with Crippen molar-refractivity contribution in [2.75, 3.05) is 4.90 Å². The van der Waals surface area contributed by atoms with Crippen LogP contribution in [0.2, 0.25) is 0 Å². The first-order valence-electron chi connectivity index (χ1n) is 15.6. The third kappa shape index (κ3) is 3.58. The van der Waals surface area contributed by atoms with E-state index >= 15 is 0 Å². The maximum absolute atomic E-state index is 6.29. The number of rotatable bonds is 3. The van der Waals surface area contributed by atoms with E-state index < -0.39 is 0 Å². The molecule has 3 nitrogen and oxygen atoms in total. The summed E-state index contributed by atoms with van der Waals surface area (Å²) in [4.78, 5) is 2.48. The van der Waals surface area contributed by atoms with E-state index in [0.717, 1.165) is 27.6 Å². The Hall–Kier alpha value is -5.80. The predicted molar refractivity (Wildman–Crippen MR) is 187 cm³/mol. The first-order chi connectivity index (χ1) is 22.3. The Morgan fingerprint density at radius 3 is 2.20 bits per heavy atom. The molecule has 0 radical (unpaired) electrons. The van der Waals surface area contributed by atoms with Crippen molar-refractivity contribution in [2.24, 2.45) is 0 Å². The van der Waals surface area contributed by atoms with Gasteiger partial charge in [0.05, 0.1) is 17.1 Å². The van der Waals surface area contributed by atoms with Crippen LogP contribution in [0.25, 0.3) is 55.0 Å². The summed E-state index contributed by atoms with van der Waals surface area (Å²) >= 11 is 0. The Bertz CT molecular complexity index is 2510. The van der Waals surface area contributed by atoms with Crippen molar-refractivity contribution in [3.05, 3.63) is 169 Å². The molecule has 3 heteroatoms. The number of aromatic nitrogens is 1. The van der Waals surface area contributed by atoms with Crippen LogP contribution >= 0.6 is 0 Å². The van der Waals surface area contributed by atoms with Crippen molar-refractivity contribution in [2.45, 2.75) is 12.0 Å². The number of nitrogens with zero attached hydrogens (tertiary/aromatic N) is 2. The van der Waals surface area contributed by atoms with E-state index in [1.165, 1.54) is 49.9 Å². The normalized spacial score (nSPS) is 17.3. The van der Waals surface area contributed by atoms with Crippen LogP contribution in [0.4, 0.5) is 11.4 Å². The standard InChI is InChI=1S/C42H28N2O/c1-2-10-29(11-3-1)43-37-15-7-4-12-31(37)33-21-18-28(25-40(33)43)27-19-23-39-36(24-27)32-13-5-8-16-38(32)44(39)30-20-22-35-34-14-6-9-17-41(34)45-42(35)26-30/h1-26,36,39H. The summed E-state index contributed by atoms with van der Waals surface area (Å²) in [5.74, 6) is 0.239. The second-order valence-corrected chi connectivity index (χ2v) is 12.1. The highest BCUT2D eigenvalue weighted by Gasteiger charge is 2.38. The van der Waals surface area contributed by atoms with Gasteiger partial charge >= 0.3 is 0 Å². The molecule has 6 aromatic carbocycles. The molecule has 0 saturated heterocycles. The molecule has 0 bridgehead atoms. The molecule has 10 rings (SSSR count).